The lowest BCUT2D eigenvalue weighted by Crippen LogP contribution is -2.13. The number of carbonyl (C=O) groups excluding carboxylic acids is 2. The van der Waals surface area contributed by atoms with Crippen molar-refractivity contribution in [2.45, 2.75) is 27.2 Å². The van der Waals surface area contributed by atoms with E-state index in [9.17, 15) is 9.59 Å². The van der Waals surface area contributed by atoms with Crippen LogP contribution in [-0.2, 0) is 14.3 Å². The molecule has 0 aliphatic rings. The van der Waals surface area contributed by atoms with Crippen molar-refractivity contribution in [3.63, 3.8) is 0 Å². The van der Waals surface area contributed by atoms with Gasteiger partial charge in [-0.2, -0.15) is 0 Å². The van der Waals surface area contributed by atoms with E-state index < -0.39 is 11.9 Å². The largest absolute Gasteiger partial charge is 0.386 e. The molecule has 0 aromatic heterocycles. The van der Waals surface area contributed by atoms with Crippen LogP contribution in [0.1, 0.15) is 27.2 Å². The summed E-state index contributed by atoms with van der Waals surface area (Å²) in [5.74, 6) is -1.27. The molecule has 0 N–H and O–H groups in total. The van der Waals surface area contributed by atoms with E-state index in [0.717, 1.165) is 6.42 Å². The van der Waals surface area contributed by atoms with Crippen molar-refractivity contribution in [3.8, 4) is 0 Å². The van der Waals surface area contributed by atoms with Crippen molar-refractivity contribution < 1.29 is 14.3 Å². The Labute approximate surface area is 78.1 Å². The normalized spacial score (nSPS) is 10.8. The van der Waals surface area contributed by atoms with E-state index in [1.807, 2.05) is 6.92 Å². The summed E-state index contributed by atoms with van der Waals surface area (Å²) >= 11 is 0. The van der Waals surface area contributed by atoms with Crippen LogP contribution in [0.25, 0.3) is 0 Å². The van der Waals surface area contributed by atoms with Gasteiger partial charge in [0, 0.05) is 11.1 Å². The smallest absolute Gasteiger partial charge is 0.341 e. The quantitative estimate of drug-likeness (QED) is 0.381. The van der Waals surface area contributed by atoms with E-state index in [0.29, 0.717) is 5.57 Å². The summed E-state index contributed by atoms with van der Waals surface area (Å²) in [7, 11) is 0. The minimum atomic E-state index is -0.672. The zero-order valence-electron chi connectivity index (χ0n) is 8.22. The summed E-state index contributed by atoms with van der Waals surface area (Å²) in [5.41, 5.74) is 0.662. The van der Waals surface area contributed by atoms with Gasteiger partial charge in [-0.05, 0) is 20.3 Å². The first-order valence-electron chi connectivity index (χ1n) is 4.07. The van der Waals surface area contributed by atoms with Crippen LogP contribution in [0.2, 0.25) is 0 Å². The third-order valence-corrected chi connectivity index (χ3v) is 1.37. The Hall–Kier alpha value is -1.38. The minimum Gasteiger partial charge on any atom is -0.386 e. The highest BCUT2D eigenvalue weighted by atomic mass is 16.6. The number of hydrogen-bond donors (Lipinski definition) is 0. The van der Waals surface area contributed by atoms with Gasteiger partial charge in [0.2, 0.25) is 0 Å². The summed E-state index contributed by atoms with van der Waals surface area (Å²) in [6.45, 7) is 8.37. The van der Waals surface area contributed by atoms with Crippen molar-refractivity contribution in [3.05, 3.63) is 23.8 Å². The first-order chi connectivity index (χ1) is 5.99. The molecule has 3 heteroatoms. The number of ether oxygens (including phenoxy) is 1. The molecule has 0 amide bonds. The maximum Gasteiger partial charge on any atom is 0.341 e. The molecule has 0 saturated heterocycles. The Kier molecular flexibility index (Phi) is 4.74. The third-order valence-electron chi connectivity index (χ3n) is 1.37. The first-order valence-corrected chi connectivity index (χ1v) is 4.07. The molecule has 0 heterocycles. The van der Waals surface area contributed by atoms with Crippen molar-refractivity contribution in [2.24, 2.45) is 0 Å². The van der Waals surface area contributed by atoms with Crippen LogP contribution in [0, 0.1) is 0 Å². The van der Waals surface area contributed by atoms with E-state index in [-0.39, 0.29) is 5.57 Å². The minimum absolute atomic E-state index is 0.220. The molecule has 0 atom stereocenters. The molecule has 0 aromatic carbocycles. The van der Waals surface area contributed by atoms with Crippen LogP contribution in [0.4, 0.5) is 0 Å². The Balaban J connectivity index is 4.24. The van der Waals surface area contributed by atoms with Crippen LogP contribution >= 0.6 is 0 Å². The molecule has 0 aliphatic heterocycles. The molecule has 0 spiro atoms. The fraction of sp³-hybridized carbons (Fsp3) is 0.400. The number of carbonyl (C=O) groups is 2. The topological polar surface area (TPSA) is 43.4 Å². The van der Waals surface area contributed by atoms with E-state index in [2.05, 4.69) is 11.3 Å². The summed E-state index contributed by atoms with van der Waals surface area (Å²) < 4.78 is 4.48. The molecule has 0 aromatic rings. The predicted octanol–water partition coefficient (Wildman–Crippen LogP) is 1.99. The fourth-order valence-electron chi connectivity index (χ4n) is 0.641. The predicted molar refractivity (Wildman–Crippen MR) is 50.0 cm³/mol. The van der Waals surface area contributed by atoms with E-state index >= 15 is 0 Å². The van der Waals surface area contributed by atoms with Crippen LogP contribution in [0.5, 0.6) is 0 Å². The second-order valence-electron chi connectivity index (χ2n) is 2.75. The second-order valence-corrected chi connectivity index (χ2v) is 2.75. The van der Waals surface area contributed by atoms with Crippen LogP contribution in [0.3, 0.4) is 0 Å². The summed E-state index contributed by atoms with van der Waals surface area (Å²) in [6, 6.07) is 0. The van der Waals surface area contributed by atoms with E-state index in [1.54, 1.807) is 13.0 Å². The van der Waals surface area contributed by atoms with Crippen molar-refractivity contribution in [2.75, 3.05) is 0 Å². The highest BCUT2D eigenvalue weighted by Gasteiger charge is 2.11. The van der Waals surface area contributed by atoms with Gasteiger partial charge in [-0.1, -0.05) is 19.6 Å². The van der Waals surface area contributed by atoms with Crippen molar-refractivity contribution in [1.82, 2.24) is 0 Å². The van der Waals surface area contributed by atoms with Crippen LogP contribution < -0.4 is 0 Å². The average molecular weight is 182 g/mol. The molecule has 0 unspecified atom stereocenters. The molecule has 0 bridgehead atoms. The maximum atomic E-state index is 11.1. The van der Waals surface area contributed by atoms with Gasteiger partial charge in [-0.15, -0.1) is 0 Å². The molecule has 72 valence electrons. The molecule has 13 heavy (non-hydrogen) atoms. The molecule has 0 fully saturated rings. The van der Waals surface area contributed by atoms with Gasteiger partial charge in [0.25, 0.3) is 0 Å². The average Bonchev–Trinajstić information content (AvgIpc) is 2.04. The SMILES string of the molecule is C=C(C)C(=O)OC(=O)C(C)=CCC. The molecule has 3 nitrogen and oxygen atoms in total. The molecular weight excluding hydrogens is 168 g/mol. The monoisotopic (exact) mass is 182 g/mol. The van der Waals surface area contributed by atoms with Gasteiger partial charge in [0.15, 0.2) is 0 Å². The molecule has 0 aliphatic carbocycles. The van der Waals surface area contributed by atoms with Crippen molar-refractivity contribution in [1.29, 1.82) is 0 Å². The molecule has 0 rings (SSSR count). The van der Waals surface area contributed by atoms with Gasteiger partial charge in [-0.3, -0.25) is 0 Å². The third kappa shape index (κ3) is 4.25. The van der Waals surface area contributed by atoms with Gasteiger partial charge < -0.3 is 4.74 Å². The Morgan fingerprint density at radius 1 is 1.31 bits per heavy atom. The van der Waals surface area contributed by atoms with E-state index in [4.69, 9.17) is 0 Å². The first kappa shape index (κ1) is 11.6. The zero-order chi connectivity index (χ0) is 10.4. The molecular formula is C10H14O3. The molecule has 0 radical (unpaired) electrons. The number of esters is 2. The van der Waals surface area contributed by atoms with Crippen molar-refractivity contribution >= 4 is 11.9 Å². The maximum absolute atomic E-state index is 11.1. The number of rotatable bonds is 3. The highest BCUT2D eigenvalue weighted by Crippen LogP contribution is 2.01. The van der Waals surface area contributed by atoms with Gasteiger partial charge >= 0.3 is 11.9 Å². The Morgan fingerprint density at radius 3 is 2.23 bits per heavy atom. The Morgan fingerprint density at radius 2 is 1.85 bits per heavy atom. The fourth-order valence-corrected chi connectivity index (χ4v) is 0.641. The standard InChI is InChI=1S/C10H14O3/c1-5-6-8(4)10(12)13-9(11)7(2)3/h6H,2,5H2,1,3-4H3. The van der Waals surface area contributed by atoms with Crippen LogP contribution in [0.15, 0.2) is 23.8 Å². The molecule has 0 saturated carbocycles. The second kappa shape index (κ2) is 5.30. The lowest BCUT2D eigenvalue weighted by molar-refractivity contribution is -0.153. The lowest BCUT2D eigenvalue weighted by Gasteiger charge is -2.01. The van der Waals surface area contributed by atoms with Gasteiger partial charge in [0.05, 0.1) is 0 Å². The van der Waals surface area contributed by atoms with Crippen LogP contribution in [-0.4, -0.2) is 11.9 Å². The summed E-state index contributed by atoms with van der Waals surface area (Å²) in [6.07, 6.45) is 2.44. The summed E-state index contributed by atoms with van der Waals surface area (Å²) in [4.78, 5) is 22.0. The van der Waals surface area contributed by atoms with Gasteiger partial charge in [-0.25, -0.2) is 9.59 Å². The highest BCUT2D eigenvalue weighted by molar-refractivity contribution is 6.00. The number of allylic oxidation sites excluding steroid dienone is 1. The van der Waals surface area contributed by atoms with E-state index in [1.165, 1.54) is 6.92 Å². The van der Waals surface area contributed by atoms with Gasteiger partial charge in [0.1, 0.15) is 0 Å². The number of hydrogen-bond acceptors (Lipinski definition) is 3. The Bertz CT molecular complexity index is 261. The lowest BCUT2D eigenvalue weighted by atomic mass is 10.2. The summed E-state index contributed by atoms with van der Waals surface area (Å²) in [5, 5.41) is 0. The zero-order valence-corrected chi connectivity index (χ0v) is 8.22.